The van der Waals surface area contributed by atoms with Crippen LogP contribution in [0.4, 0.5) is 0 Å². The molecular weight excluding hydrogens is 637 g/mol. The van der Waals surface area contributed by atoms with Gasteiger partial charge in [-0.05, 0) is 66.6 Å². The first-order valence-corrected chi connectivity index (χ1v) is 17.6. The van der Waals surface area contributed by atoms with Crippen molar-refractivity contribution in [3.05, 3.63) is 169 Å². The number of hydrogen-bond acceptors (Lipinski definition) is 3. The van der Waals surface area contributed by atoms with Gasteiger partial charge in [0.05, 0.1) is 16.7 Å². The zero-order valence-corrected chi connectivity index (χ0v) is 28.3. The summed E-state index contributed by atoms with van der Waals surface area (Å²) in [5.74, 6) is 0. The van der Waals surface area contributed by atoms with E-state index in [4.69, 9.17) is 13.8 Å². The highest BCUT2D eigenvalue weighted by Gasteiger charge is 2.28. The number of furan rings is 2. The van der Waals surface area contributed by atoms with E-state index in [0.717, 1.165) is 105 Å². The molecule has 0 saturated heterocycles. The molecule has 0 spiro atoms. The molecule has 4 heteroatoms. The second kappa shape index (κ2) is 11.0. The summed E-state index contributed by atoms with van der Waals surface area (Å²) in [6.45, 7) is 2.13. The first-order valence-electron chi connectivity index (χ1n) is 17.6. The predicted octanol–water partition coefficient (Wildman–Crippen LogP) is 13.3. The first kappa shape index (κ1) is 28.9. The summed E-state index contributed by atoms with van der Waals surface area (Å²) >= 11 is 0. The molecule has 7 aromatic carbocycles. The molecule has 0 saturated carbocycles. The fourth-order valence-electron chi connectivity index (χ4n) is 8.29. The van der Waals surface area contributed by atoms with Crippen LogP contribution in [0.2, 0.25) is 0 Å². The Morgan fingerprint density at radius 3 is 1.77 bits per heavy atom. The van der Waals surface area contributed by atoms with Crippen LogP contribution in [-0.4, -0.2) is 9.55 Å². The molecular formula is C48H30N2O2. The van der Waals surface area contributed by atoms with Crippen molar-refractivity contribution in [2.45, 2.75) is 6.92 Å². The van der Waals surface area contributed by atoms with E-state index in [-0.39, 0.29) is 0 Å². The largest absolute Gasteiger partial charge is 0.455 e. The van der Waals surface area contributed by atoms with Crippen molar-refractivity contribution in [2.24, 2.45) is 0 Å². The lowest BCUT2D eigenvalue weighted by atomic mass is 9.86. The van der Waals surface area contributed by atoms with Gasteiger partial charge in [-0.1, -0.05) is 109 Å². The van der Waals surface area contributed by atoms with Gasteiger partial charge in [-0.25, -0.2) is 0 Å². The number of aryl methyl sites for hydroxylation is 1. The van der Waals surface area contributed by atoms with Gasteiger partial charge in [0.2, 0.25) is 0 Å². The topological polar surface area (TPSA) is 44.1 Å². The van der Waals surface area contributed by atoms with Gasteiger partial charge >= 0.3 is 0 Å². The van der Waals surface area contributed by atoms with Gasteiger partial charge in [0.1, 0.15) is 22.3 Å². The number of fused-ring (bicyclic) bond motifs is 9. The quantitative estimate of drug-likeness (QED) is 0.188. The molecule has 4 nitrogen and oxygen atoms in total. The summed E-state index contributed by atoms with van der Waals surface area (Å²) in [7, 11) is 0. The van der Waals surface area contributed by atoms with Crippen LogP contribution in [0, 0.1) is 6.92 Å². The van der Waals surface area contributed by atoms with Crippen molar-refractivity contribution in [1.29, 1.82) is 0 Å². The summed E-state index contributed by atoms with van der Waals surface area (Å²) in [6.07, 6.45) is 1.92. The van der Waals surface area contributed by atoms with E-state index in [1.807, 2.05) is 24.4 Å². The van der Waals surface area contributed by atoms with Gasteiger partial charge in [0.25, 0.3) is 0 Å². The summed E-state index contributed by atoms with van der Waals surface area (Å²) in [6, 6.07) is 55.6. The highest BCUT2D eigenvalue weighted by Crippen LogP contribution is 2.51. The molecule has 0 unspecified atom stereocenters. The monoisotopic (exact) mass is 666 g/mol. The van der Waals surface area contributed by atoms with Crippen LogP contribution in [0.25, 0.3) is 105 Å². The molecule has 4 aromatic heterocycles. The molecule has 0 fully saturated rings. The van der Waals surface area contributed by atoms with Crippen LogP contribution in [0.1, 0.15) is 5.56 Å². The van der Waals surface area contributed by atoms with Crippen molar-refractivity contribution in [3.63, 3.8) is 0 Å². The standard InChI is InChI=1S/C48H30N2O2/c1-29-25-26-49-40(27-29)44-38(36-20-11-18-34-32-16-6-9-23-42(32)51-47(34)36)28-39-31-15-5-8-22-41(31)50(30-13-3-2-4-14-30)46(39)45(44)37-21-12-19-35-33-17-7-10-24-43(33)52-48(35)37/h2-28H,1H3. The minimum Gasteiger partial charge on any atom is -0.455 e. The Morgan fingerprint density at radius 2 is 1.06 bits per heavy atom. The van der Waals surface area contributed by atoms with E-state index in [0.29, 0.717) is 0 Å². The minimum absolute atomic E-state index is 0.850. The van der Waals surface area contributed by atoms with Gasteiger partial charge in [-0.15, -0.1) is 0 Å². The van der Waals surface area contributed by atoms with E-state index in [9.17, 15) is 0 Å². The molecule has 4 heterocycles. The smallest absolute Gasteiger partial charge is 0.143 e. The fourth-order valence-corrected chi connectivity index (χ4v) is 8.29. The Morgan fingerprint density at radius 1 is 0.462 bits per heavy atom. The molecule has 244 valence electrons. The van der Waals surface area contributed by atoms with E-state index in [2.05, 4.69) is 151 Å². The van der Waals surface area contributed by atoms with Gasteiger partial charge in [0.15, 0.2) is 0 Å². The van der Waals surface area contributed by atoms with E-state index >= 15 is 0 Å². The van der Waals surface area contributed by atoms with Crippen molar-refractivity contribution >= 4 is 65.7 Å². The molecule has 0 aliphatic rings. The first-order chi connectivity index (χ1) is 25.7. The second-order valence-electron chi connectivity index (χ2n) is 13.5. The average molecular weight is 667 g/mol. The van der Waals surface area contributed by atoms with Crippen LogP contribution in [0.5, 0.6) is 0 Å². The molecule has 0 bridgehead atoms. The third-order valence-electron chi connectivity index (χ3n) is 10.5. The number of nitrogens with zero attached hydrogens (tertiary/aromatic N) is 2. The zero-order valence-electron chi connectivity index (χ0n) is 28.3. The Kier molecular flexibility index (Phi) is 6.13. The molecule has 52 heavy (non-hydrogen) atoms. The van der Waals surface area contributed by atoms with E-state index < -0.39 is 0 Å². The molecule has 0 aliphatic heterocycles. The van der Waals surface area contributed by atoms with Gasteiger partial charge < -0.3 is 13.4 Å². The zero-order chi connectivity index (χ0) is 34.3. The van der Waals surface area contributed by atoms with Gasteiger partial charge in [-0.2, -0.15) is 0 Å². The number of rotatable bonds is 4. The van der Waals surface area contributed by atoms with Crippen LogP contribution in [-0.2, 0) is 0 Å². The predicted molar refractivity (Wildman–Crippen MR) is 214 cm³/mol. The normalized spacial score (nSPS) is 11.9. The van der Waals surface area contributed by atoms with E-state index in [1.165, 1.54) is 5.39 Å². The number of benzene rings is 7. The van der Waals surface area contributed by atoms with Crippen LogP contribution in [0.15, 0.2) is 173 Å². The van der Waals surface area contributed by atoms with Crippen LogP contribution in [0.3, 0.4) is 0 Å². The van der Waals surface area contributed by atoms with Crippen LogP contribution >= 0.6 is 0 Å². The maximum Gasteiger partial charge on any atom is 0.143 e. The maximum atomic E-state index is 6.83. The molecule has 0 amide bonds. The van der Waals surface area contributed by atoms with Crippen LogP contribution < -0.4 is 0 Å². The fraction of sp³-hybridized carbons (Fsp3) is 0.0208. The average Bonchev–Trinajstić information content (AvgIpc) is 3.87. The number of para-hydroxylation sites is 6. The molecule has 0 atom stereocenters. The lowest BCUT2D eigenvalue weighted by molar-refractivity contribution is 0.670. The van der Waals surface area contributed by atoms with E-state index in [1.54, 1.807) is 0 Å². The molecule has 11 rings (SSSR count). The highest BCUT2D eigenvalue weighted by molar-refractivity contribution is 6.23. The Hall–Kier alpha value is -6.91. The van der Waals surface area contributed by atoms with Gasteiger partial charge in [0, 0.05) is 66.5 Å². The highest BCUT2D eigenvalue weighted by atomic mass is 16.3. The van der Waals surface area contributed by atoms with Crippen molar-refractivity contribution < 1.29 is 8.83 Å². The summed E-state index contributed by atoms with van der Waals surface area (Å²) in [5.41, 5.74) is 13.9. The second-order valence-corrected chi connectivity index (χ2v) is 13.5. The molecule has 0 aliphatic carbocycles. The minimum atomic E-state index is 0.850. The van der Waals surface area contributed by atoms with Crippen molar-refractivity contribution in [2.75, 3.05) is 0 Å². The third-order valence-corrected chi connectivity index (χ3v) is 10.5. The maximum absolute atomic E-state index is 6.83. The number of hydrogen-bond donors (Lipinski definition) is 0. The lowest BCUT2D eigenvalue weighted by Crippen LogP contribution is -2.00. The third kappa shape index (κ3) is 4.12. The molecule has 11 aromatic rings. The summed E-state index contributed by atoms with van der Waals surface area (Å²) < 4.78 is 16.0. The molecule has 0 radical (unpaired) electrons. The SMILES string of the molecule is Cc1ccnc(-c2c(-c3cccc4c3oc3ccccc34)cc3c4ccccc4n(-c4ccccc4)c3c2-c2cccc3c2oc2ccccc23)c1. The Balaban J connectivity index is 1.42. The van der Waals surface area contributed by atoms with Crippen molar-refractivity contribution in [1.82, 2.24) is 9.55 Å². The number of aromatic nitrogens is 2. The Labute approximate surface area is 298 Å². The summed E-state index contributed by atoms with van der Waals surface area (Å²) in [4.78, 5) is 5.12. The van der Waals surface area contributed by atoms with Gasteiger partial charge in [-0.3, -0.25) is 4.98 Å². The summed E-state index contributed by atoms with van der Waals surface area (Å²) in [5, 5.41) is 6.67. The number of pyridine rings is 1. The van der Waals surface area contributed by atoms with Crippen molar-refractivity contribution in [3.8, 4) is 39.2 Å². The lowest BCUT2D eigenvalue weighted by Gasteiger charge is -2.20. The molecule has 0 N–H and O–H groups in total. The Bertz CT molecular complexity index is 3200.